The molecular formula is C19H20N4O2. The summed E-state index contributed by atoms with van der Waals surface area (Å²) in [6.07, 6.45) is 4.62. The number of carboxylic acids is 1. The number of fused-ring (bicyclic) bond motifs is 1. The number of imidazole rings is 1. The maximum absolute atomic E-state index is 11.0. The third-order valence-electron chi connectivity index (χ3n) is 4.76. The standard InChI is InChI=1S/C19H20N4O2/c24-19(25)14-7-8-18(20-11-14)23-9-3-4-13(12-23)10-17-21-15-5-1-2-6-16(15)22-17/h1-2,5-8,11,13H,3-4,9-10,12H2,(H,21,22)(H,24,25)/t13-/m1/s1. The average molecular weight is 336 g/mol. The predicted octanol–water partition coefficient (Wildman–Crippen LogP) is 3.12. The highest BCUT2D eigenvalue weighted by Crippen LogP contribution is 2.24. The van der Waals surface area contributed by atoms with E-state index in [1.165, 1.54) is 12.6 Å². The minimum Gasteiger partial charge on any atom is -0.478 e. The van der Waals surface area contributed by atoms with Crippen molar-refractivity contribution in [3.63, 3.8) is 0 Å². The molecule has 1 aliphatic heterocycles. The number of H-pyrrole nitrogens is 1. The molecule has 2 N–H and O–H groups in total. The Bertz CT molecular complexity index is 855. The van der Waals surface area contributed by atoms with E-state index in [9.17, 15) is 4.79 Å². The molecule has 0 spiro atoms. The van der Waals surface area contributed by atoms with Gasteiger partial charge in [-0.05, 0) is 43.0 Å². The van der Waals surface area contributed by atoms with Crippen LogP contribution in [0.1, 0.15) is 29.0 Å². The largest absolute Gasteiger partial charge is 0.478 e. The summed E-state index contributed by atoms with van der Waals surface area (Å²) in [5, 5.41) is 8.99. The first kappa shape index (κ1) is 15.6. The molecule has 0 radical (unpaired) electrons. The Labute approximate surface area is 145 Å². The van der Waals surface area contributed by atoms with Gasteiger partial charge in [0, 0.05) is 25.7 Å². The number of carboxylic acid groups (broad SMARTS) is 1. The van der Waals surface area contributed by atoms with Crippen LogP contribution in [0.5, 0.6) is 0 Å². The van der Waals surface area contributed by atoms with Crippen molar-refractivity contribution >= 4 is 22.8 Å². The van der Waals surface area contributed by atoms with Gasteiger partial charge in [0.1, 0.15) is 11.6 Å². The van der Waals surface area contributed by atoms with Crippen LogP contribution in [0.4, 0.5) is 5.82 Å². The molecule has 3 aromatic rings. The van der Waals surface area contributed by atoms with Gasteiger partial charge in [0.15, 0.2) is 0 Å². The van der Waals surface area contributed by atoms with Gasteiger partial charge < -0.3 is 15.0 Å². The van der Waals surface area contributed by atoms with Crippen LogP contribution in [0.3, 0.4) is 0 Å². The van der Waals surface area contributed by atoms with Crippen LogP contribution in [-0.4, -0.2) is 39.1 Å². The minimum atomic E-state index is -0.944. The number of carbonyl (C=O) groups is 1. The number of hydrogen-bond acceptors (Lipinski definition) is 4. The molecule has 3 heterocycles. The molecule has 0 aliphatic carbocycles. The molecule has 6 nitrogen and oxygen atoms in total. The molecule has 0 saturated carbocycles. The second kappa shape index (κ2) is 6.55. The van der Waals surface area contributed by atoms with Gasteiger partial charge in [-0.2, -0.15) is 0 Å². The van der Waals surface area contributed by atoms with Gasteiger partial charge in [-0.3, -0.25) is 0 Å². The lowest BCUT2D eigenvalue weighted by Gasteiger charge is -2.33. The zero-order valence-corrected chi connectivity index (χ0v) is 13.9. The maximum Gasteiger partial charge on any atom is 0.337 e. The molecule has 1 saturated heterocycles. The van der Waals surface area contributed by atoms with Crippen molar-refractivity contribution in [3.05, 3.63) is 54.0 Å². The number of anilines is 1. The number of aromatic carboxylic acids is 1. The molecule has 1 aliphatic rings. The number of para-hydroxylation sites is 2. The second-order valence-electron chi connectivity index (χ2n) is 6.57. The van der Waals surface area contributed by atoms with E-state index in [4.69, 9.17) is 5.11 Å². The molecule has 0 amide bonds. The van der Waals surface area contributed by atoms with E-state index in [2.05, 4.69) is 19.9 Å². The van der Waals surface area contributed by atoms with E-state index in [0.717, 1.165) is 48.6 Å². The van der Waals surface area contributed by atoms with E-state index in [1.807, 2.05) is 24.3 Å². The van der Waals surface area contributed by atoms with Crippen LogP contribution in [0, 0.1) is 5.92 Å². The number of hydrogen-bond donors (Lipinski definition) is 2. The fourth-order valence-corrected chi connectivity index (χ4v) is 3.52. The molecule has 2 aromatic heterocycles. The lowest BCUT2D eigenvalue weighted by Crippen LogP contribution is -2.36. The summed E-state index contributed by atoms with van der Waals surface area (Å²) < 4.78 is 0. The van der Waals surface area contributed by atoms with Crippen LogP contribution in [0.25, 0.3) is 11.0 Å². The maximum atomic E-state index is 11.0. The quantitative estimate of drug-likeness (QED) is 0.765. The Hall–Kier alpha value is -2.89. The Morgan fingerprint density at radius 1 is 1.28 bits per heavy atom. The number of nitrogens with zero attached hydrogens (tertiary/aromatic N) is 3. The lowest BCUT2D eigenvalue weighted by molar-refractivity contribution is 0.0696. The van der Waals surface area contributed by atoms with Gasteiger partial charge in [0.05, 0.1) is 16.6 Å². The van der Waals surface area contributed by atoms with Gasteiger partial charge in [0.25, 0.3) is 0 Å². The number of rotatable bonds is 4. The van der Waals surface area contributed by atoms with Crippen molar-refractivity contribution in [3.8, 4) is 0 Å². The summed E-state index contributed by atoms with van der Waals surface area (Å²) >= 11 is 0. The number of piperidine rings is 1. The SMILES string of the molecule is O=C(O)c1ccc(N2CCC[C@H](Cc3nc4ccccc4[nH]3)C2)nc1. The molecular weight excluding hydrogens is 316 g/mol. The molecule has 1 fully saturated rings. The van der Waals surface area contributed by atoms with Crippen molar-refractivity contribution in [1.82, 2.24) is 15.0 Å². The molecule has 0 bridgehead atoms. The molecule has 1 atom stereocenters. The summed E-state index contributed by atoms with van der Waals surface area (Å²) in [5.74, 6) is 1.44. The highest BCUT2D eigenvalue weighted by Gasteiger charge is 2.22. The monoisotopic (exact) mass is 336 g/mol. The summed E-state index contributed by atoms with van der Waals surface area (Å²) in [6, 6.07) is 11.5. The van der Waals surface area contributed by atoms with Crippen LogP contribution in [0.2, 0.25) is 0 Å². The smallest absolute Gasteiger partial charge is 0.337 e. The summed E-state index contributed by atoms with van der Waals surface area (Å²) in [6.45, 7) is 1.87. The zero-order valence-electron chi connectivity index (χ0n) is 13.9. The molecule has 6 heteroatoms. The van der Waals surface area contributed by atoms with Gasteiger partial charge in [-0.15, -0.1) is 0 Å². The number of benzene rings is 1. The van der Waals surface area contributed by atoms with E-state index in [0.29, 0.717) is 5.92 Å². The van der Waals surface area contributed by atoms with Gasteiger partial charge in [-0.1, -0.05) is 12.1 Å². The summed E-state index contributed by atoms with van der Waals surface area (Å²) in [7, 11) is 0. The Morgan fingerprint density at radius 3 is 2.92 bits per heavy atom. The number of aromatic amines is 1. The topological polar surface area (TPSA) is 82.1 Å². The third kappa shape index (κ3) is 3.33. The second-order valence-corrected chi connectivity index (χ2v) is 6.57. The minimum absolute atomic E-state index is 0.222. The van der Waals surface area contributed by atoms with E-state index in [-0.39, 0.29) is 5.56 Å². The van der Waals surface area contributed by atoms with Crippen molar-refractivity contribution in [2.75, 3.05) is 18.0 Å². The molecule has 25 heavy (non-hydrogen) atoms. The highest BCUT2D eigenvalue weighted by atomic mass is 16.4. The normalized spacial score (nSPS) is 17.8. The first-order valence-corrected chi connectivity index (χ1v) is 8.57. The third-order valence-corrected chi connectivity index (χ3v) is 4.76. The fraction of sp³-hybridized carbons (Fsp3) is 0.316. The Morgan fingerprint density at radius 2 is 2.16 bits per heavy atom. The Balaban J connectivity index is 1.46. The average Bonchev–Trinajstić information content (AvgIpc) is 3.04. The summed E-state index contributed by atoms with van der Waals surface area (Å²) in [5.41, 5.74) is 2.31. The van der Waals surface area contributed by atoms with Gasteiger partial charge in [0.2, 0.25) is 0 Å². The molecule has 0 unspecified atom stereocenters. The first-order chi connectivity index (χ1) is 12.2. The van der Waals surface area contributed by atoms with E-state index < -0.39 is 5.97 Å². The number of nitrogens with one attached hydrogen (secondary N) is 1. The Kier molecular flexibility index (Phi) is 4.09. The van der Waals surface area contributed by atoms with Crippen molar-refractivity contribution in [2.45, 2.75) is 19.3 Å². The zero-order chi connectivity index (χ0) is 17.2. The highest BCUT2D eigenvalue weighted by molar-refractivity contribution is 5.87. The number of aromatic nitrogens is 3. The number of pyridine rings is 1. The van der Waals surface area contributed by atoms with Gasteiger partial charge in [-0.25, -0.2) is 14.8 Å². The van der Waals surface area contributed by atoms with Crippen LogP contribution in [-0.2, 0) is 6.42 Å². The van der Waals surface area contributed by atoms with Crippen molar-refractivity contribution in [2.24, 2.45) is 5.92 Å². The lowest BCUT2D eigenvalue weighted by atomic mass is 9.94. The van der Waals surface area contributed by atoms with Crippen LogP contribution >= 0.6 is 0 Å². The summed E-state index contributed by atoms with van der Waals surface area (Å²) in [4.78, 5) is 25.6. The molecule has 4 rings (SSSR count). The van der Waals surface area contributed by atoms with Crippen LogP contribution in [0.15, 0.2) is 42.6 Å². The predicted molar refractivity (Wildman–Crippen MR) is 95.9 cm³/mol. The van der Waals surface area contributed by atoms with E-state index in [1.54, 1.807) is 12.1 Å². The van der Waals surface area contributed by atoms with Gasteiger partial charge >= 0.3 is 5.97 Å². The fourth-order valence-electron chi connectivity index (χ4n) is 3.52. The van der Waals surface area contributed by atoms with Crippen LogP contribution < -0.4 is 4.90 Å². The molecule has 1 aromatic carbocycles. The van der Waals surface area contributed by atoms with E-state index >= 15 is 0 Å². The first-order valence-electron chi connectivity index (χ1n) is 8.57. The van der Waals surface area contributed by atoms with Crippen molar-refractivity contribution < 1.29 is 9.90 Å². The molecule has 128 valence electrons. The van der Waals surface area contributed by atoms with Crippen molar-refractivity contribution in [1.29, 1.82) is 0 Å².